The van der Waals surface area contributed by atoms with Crippen molar-refractivity contribution in [2.45, 2.75) is 13.5 Å². The molecular formula is C24H18O5. The molecule has 5 heteroatoms. The normalized spacial score (nSPS) is 10.8. The van der Waals surface area contributed by atoms with E-state index in [0.717, 1.165) is 11.1 Å². The highest BCUT2D eigenvalue weighted by molar-refractivity contribution is 5.88. The molecule has 0 unspecified atom stereocenters. The molecule has 0 aliphatic rings. The van der Waals surface area contributed by atoms with Crippen molar-refractivity contribution in [3.8, 4) is 17.1 Å². The zero-order valence-corrected chi connectivity index (χ0v) is 15.7. The minimum Gasteiger partial charge on any atom is -0.485 e. The summed E-state index contributed by atoms with van der Waals surface area (Å²) < 4.78 is 12.1. The first-order valence-corrected chi connectivity index (χ1v) is 9.11. The van der Waals surface area contributed by atoms with E-state index in [2.05, 4.69) is 0 Å². The molecule has 0 saturated heterocycles. The van der Waals surface area contributed by atoms with Crippen LogP contribution in [-0.4, -0.2) is 11.1 Å². The molecule has 0 spiro atoms. The summed E-state index contributed by atoms with van der Waals surface area (Å²) in [5.41, 5.74) is 2.84. The molecule has 0 bridgehead atoms. The van der Waals surface area contributed by atoms with Crippen LogP contribution in [-0.2, 0) is 6.61 Å². The molecule has 0 saturated carbocycles. The highest BCUT2D eigenvalue weighted by Gasteiger charge is 2.14. The van der Waals surface area contributed by atoms with Crippen molar-refractivity contribution >= 4 is 16.9 Å². The molecule has 1 heterocycles. The van der Waals surface area contributed by atoms with Crippen molar-refractivity contribution in [2.75, 3.05) is 0 Å². The van der Waals surface area contributed by atoms with Gasteiger partial charge in [0.1, 0.15) is 12.4 Å². The lowest BCUT2D eigenvalue weighted by molar-refractivity contribution is 0.0697. The summed E-state index contributed by atoms with van der Waals surface area (Å²) in [6.07, 6.45) is 0. The second-order valence-corrected chi connectivity index (χ2v) is 6.72. The summed E-state index contributed by atoms with van der Waals surface area (Å²) in [5, 5.41) is 9.50. The van der Waals surface area contributed by atoms with E-state index in [1.165, 1.54) is 18.2 Å². The number of carboxylic acid groups (broad SMARTS) is 1. The van der Waals surface area contributed by atoms with Crippen LogP contribution in [0.2, 0.25) is 0 Å². The van der Waals surface area contributed by atoms with Gasteiger partial charge in [-0.25, -0.2) is 4.79 Å². The van der Waals surface area contributed by atoms with Gasteiger partial charge < -0.3 is 14.3 Å². The van der Waals surface area contributed by atoms with Gasteiger partial charge in [-0.3, -0.25) is 4.79 Å². The van der Waals surface area contributed by atoms with Crippen molar-refractivity contribution < 1.29 is 19.1 Å². The van der Waals surface area contributed by atoms with Crippen LogP contribution in [0.5, 0.6) is 5.75 Å². The first-order valence-electron chi connectivity index (χ1n) is 9.11. The van der Waals surface area contributed by atoms with Gasteiger partial charge in [-0.1, -0.05) is 48.5 Å². The molecule has 4 aromatic rings. The molecule has 29 heavy (non-hydrogen) atoms. The maximum absolute atomic E-state index is 12.7. The lowest BCUT2D eigenvalue weighted by Crippen LogP contribution is -2.04. The van der Waals surface area contributed by atoms with Gasteiger partial charge in [0.2, 0.25) is 0 Å². The van der Waals surface area contributed by atoms with Crippen LogP contribution in [0.15, 0.2) is 82.0 Å². The summed E-state index contributed by atoms with van der Waals surface area (Å²) in [5.74, 6) is -0.134. The number of carbonyl (C=O) groups is 1. The number of aromatic carboxylic acids is 1. The summed E-state index contributed by atoms with van der Waals surface area (Å²) in [7, 11) is 0. The monoisotopic (exact) mass is 386 g/mol. The lowest BCUT2D eigenvalue weighted by Gasteiger charge is -2.12. The van der Waals surface area contributed by atoms with Crippen molar-refractivity contribution in [3.05, 3.63) is 99.7 Å². The highest BCUT2D eigenvalue weighted by atomic mass is 16.5. The Morgan fingerprint density at radius 3 is 2.41 bits per heavy atom. The zero-order valence-electron chi connectivity index (χ0n) is 15.7. The van der Waals surface area contributed by atoms with Gasteiger partial charge in [0.05, 0.1) is 10.9 Å². The van der Waals surface area contributed by atoms with Gasteiger partial charge in [-0.05, 0) is 36.2 Å². The minimum atomic E-state index is -1.01. The van der Waals surface area contributed by atoms with Gasteiger partial charge >= 0.3 is 5.97 Å². The largest absolute Gasteiger partial charge is 0.485 e. The van der Waals surface area contributed by atoms with Gasteiger partial charge in [-0.2, -0.15) is 0 Å². The predicted molar refractivity (Wildman–Crippen MR) is 110 cm³/mol. The van der Waals surface area contributed by atoms with Crippen molar-refractivity contribution in [2.24, 2.45) is 0 Å². The number of fused-ring (bicyclic) bond motifs is 1. The Morgan fingerprint density at radius 2 is 1.72 bits per heavy atom. The number of hydrogen-bond donors (Lipinski definition) is 1. The third kappa shape index (κ3) is 3.75. The van der Waals surface area contributed by atoms with Gasteiger partial charge in [0.25, 0.3) is 0 Å². The summed E-state index contributed by atoms with van der Waals surface area (Å²) in [4.78, 5) is 23.7. The summed E-state index contributed by atoms with van der Waals surface area (Å²) >= 11 is 0. The van der Waals surface area contributed by atoms with Crippen LogP contribution in [0, 0.1) is 6.92 Å². The van der Waals surface area contributed by atoms with E-state index in [9.17, 15) is 9.59 Å². The maximum Gasteiger partial charge on any atom is 0.335 e. The second kappa shape index (κ2) is 7.64. The van der Waals surface area contributed by atoms with E-state index in [1.807, 2.05) is 43.3 Å². The van der Waals surface area contributed by atoms with E-state index in [-0.39, 0.29) is 11.0 Å². The molecule has 0 amide bonds. The Kier molecular flexibility index (Phi) is 4.87. The first kappa shape index (κ1) is 18.5. The zero-order chi connectivity index (χ0) is 20.4. The fraction of sp³-hybridized carbons (Fsp3) is 0.0833. The number of benzene rings is 3. The minimum absolute atomic E-state index is 0.166. The second-order valence-electron chi connectivity index (χ2n) is 6.72. The van der Waals surface area contributed by atoms with Gasteiger partial charge in [-0.15, -0.1) is 0 Å². The van der Waals surface area contributed by atoms with E-state index >= 15 is 0 Å². The van der Waals surface area contributed by atoms with Crippen LogP contribution in [0.1, 0.15) is 21.5 Å². The smallest absolute Gasteiger partial charge is 0.335 e. The molecule has 144 valence electrons. The number of ether oxygens (including phenoxy) is 1. The molecule has 4 rings (SSSR count). The Hall–Kier alpha value is -3.86. The van der Waals surface area contributed by atoms with E-state index in [4.69, 9.17) is 14.3 Å². The molecule has 0 fully saturated rings. The Morgan fingerprint density at radius 1 is 1.00 bits per heavy atom. The average Bonchev–Trinajstić information content (AvgIpc) is 2.73. The molecule has 0 aliphatic carbocycles. The highest BCUT2D eigenvalue weighted by Crippen LogP contribution is 2.32. The fourth-order valence-corrected chi connectivity index (χ4v) is 3.12. The van der Waals surface area contributed by atoms with Crippen LogP contribution < -0.4 is 10.2 Å². The van der Waals surface area contributed by atoms with Crippen LogP contribution in [0.25, 0.3) is 22.3 Å². The van der Waals surface area contributed by atoms with E-state index in [0.29, 0.717) is 34.6 Å². The molecule has 1 aromatic heterocycles. The molecule has 5 nitrogen and oxygen atoms in total. The lowest BCUT2D eigenvalue weighted by atomic mass is 10.1. The molecule has 0 atom stereocenters. The number of aryl methyl sites for hydroxylation is 1. The third-order valence-corrected chi connectivity index (χ3v) is 4.69. The molecule has 3 aromatic carbocycles. The summed E-state index contributed by atoms with van der Waals surface area (Å²) in [6, 6.07) is 20.9. The van der Waals surface area contributed by atoms with Crippen LogP contribution in [0.4, 0.5) is 0 Å². The van der Waals surface area contributed by atoms with Gasteiger partial charge in [0.15, 0.2) is 16.8 Å². The molecule has 0 aliphatic heterocycles. The van der Waals surface area contributed by atoms with Crippen molar-refractivity contribution in [1.29, 1.82) is 0 Å². The number of hydrogen-bond acceptors (Lipinski definition) is 4. The van der Waals surface area contributed by atoms with Crippen molar-refractivity contribution in [1.82, 2.24) is 0 Å². The van der Waals surface area contributed by atoms with Crippen LogP contribution in [0.3, 0.4) is 0 Å². The number of carboxylic acids is 1. The Labute approximate surface area is 166 Å². The summed E-state index contributed by atoms with van der Waals surface area (Å²) in [6.45, 7) is 2.25. The SMILES string of the molecule is Cc1ccc2c(=O)cc(-c3ccc(C(=O)O)cc3)oc2c1OCc1ccccc1. The Bertz CT molecular complexity index is 1240. The quantitative estimate of drug-likeness (QED) is 0.520. The van der Waals surface area contributed by atoms with E-state index in [1.54, 1.807) is 18.2 Å². The van der Waals surface area contributed by atoms with E-state index < -0.39 is 5.97 Å². The average molecular weight is 386 g/mol. The van der Waals surface area contributed by atoms with Crippen molar-refractivity contribution in [3.63, 3.8) is 0 Å². The number of rotatable bonds is 5. The molecular weight excluding hydrogens is 368 g/mol. The van der Waals surface area contributed by atoms with Crippen LogP contribution >= 0.6 is 0 Å². The third-order valence-electron chi connectivity index (χ3n) is 4.69. The maximum atomic E-state index is 12.7. The predicted octanol–water partition coefficient (Wildman–Crippen LogP) is 5.05. The molecule has 0 radical (unpaired) electrons. The van der Waals surface area contributed by atoms with Gasteiger partial charge in [0, 0.05) is 11.6 Å². The fourth-order valence-electron chi connectivity index (χ4n) is 3.12. The standard InChI is InChI=1S/C24H18O5/c1-15-7-12-19-20(25)13-21(17-8-10-18(11-9-17)24(26)27)29-23(19)22(15)28-14-16-5-3-2-4-6-16/h2-13H,14H2,1H3,(H,26,27). The first-order chi connectivity index (χ1) is 14.0. The Balaban J connectivity index is 1.78. The topological polar surface area (TPSA) is 76.7 Å². The molecule has 1 N–H and O–H groups in total.